The Bertz CT molecular complexity index is 423. The minimum absolute atomic E-state index is 0. The summed E-state index contributed by atoms with van der Waals surface area (Å²) in [7, 11) is 0. The summed E-state index contributed by atoms with van der Waals surface area (Å²) in [6, 6.07) is 5.59. The van der Waals surface area contributed by atoms with Crippen LogP contribution in [0.2, 0.25) is 5.02 Å². The van der Waals surface area contributed by atoms with Crippen molar-refractivity contribution in [1.29, 1.82) is 0 Å². The number of hydrogen-bond donors (Lipinski definition) is 1. The molecule has 0 aromatic heterocycles. The third-order valence-corrected chi connectivity index (χ3v) is 4.31. The molecular formula is C16H25Cl2FN2. The number of benzene rings is 1. The molecule has 120 valence electrons. The second-order valence-electron chi connectivity index (χ2n) is 5.47. The smallest absolute Gasteiger partial charge is 0.142 e. The van der Waals surface area contributed by atoms with E-state index in [1.807, 2.05) is 6.07 Å². The van der Waals surface area contributed by atoms with E-state index in [4.69, 9.17) is 11.6 Å². The minimum Gasteiger partial charge on any atom is -0.314 e. The Hall–Kier alpha value is -0.350. The first-order chi connectivity index (χ1) is 9.72. The van der Waals surface area contributed by atoms with Crippen LogP contribution < -0.4 is 5.32 Å². The van der Waals surface area contributed by atoms with E-state index in [-0.39, 0.29) is 23.2 Å². The molecule has 0 saturated carbocycles. The van der Waals surface area contributed by atoms with Crippen LogP contribution in [0.4, 0.5) is 4.39 Å². The molecule has 0 amide bonds. The van der Waals surface area contributed by atoms with E-state index < -0.39 is 0 Å². The topological polar surface area (TPSA) is 15.3 Å². The van der Waals surface area contributed by atoms with E-state index >= 15 is 0 Å². The number of nitrogens with zero attached hydrogens (tertiary/aromatic N) is 1. The highest BCUT2D eigenvalue weighted by atomic mass is 35.5. The second-order valence-corrected chi connectivity index (χ2v) is 5.88. The Labute approximate surface area is 138 Å². The minimum atomic E-state index is -0.306. The van der Waals surface area contributed by atoms with Gasteiger partial charge in [0.15, 0.2) is 0 Å². The van der Waals surface area contributed by atoms with Gasteiger partial charge >= 0.3 is 0 Å². The molecule has 1 heterocycles. The quantitative estimate of drug-likeness (QED) is 0.774. The van der Waals surface area contributed by atoms with Crippen molar-refractivity contribution in [3.63, 3.8) is 0 Å². The molecule has 21 heavy (non-hydrogen) atoms. The fraction of sp³-hybridized carbons (Fsp3) is 0.625. The first-order valence-corrected chi connectivity index (χ1v) is 8.00. The van der Waals surface area contributed by atoms with E-state index in [0.29, 0.717) is 6.04 Å². The van der Waals surface area contributed by atoms with Gasteiger partial charge in [-0.05, 0) is 24.1 Å². The zero-order valence-electron chi connectivity index (χ0n) is 12.6. The Morgan fingerprint density at radius 1 is 1.29 bits per heavy atom. The van der Waals surface area contributed by atoms with Crippen molar-refractivity contribution in [2.75, 3.05) is 26.2 Å². The fourth-order valence-electron chi connectivity index (χ4n) is 2.86. The Balaban J connectivity index is 0.00000220. The number of rotatable bonds is 6. The van der Waals surface area contributed by atoms with Gasteiger partial charge in [-0.2, -0.15) is 0 Å². The molecule has 1 fully saturated rings. The van der Waals surface area contributed by atoms with Crippen molar-refractivity contribution in [2.45, 2.75) is 38.6 Å². The zero-order valence-corrected chi connectivity index (χ0v) is 14.2. The van der Waals surface area contributed by atoms with Crippen molar-refractivity contribution in [3.8, 4) is 0 Å². The lowest BCUT2D eigenvalue weighted by Gasteiger charge is -2.35. The largest absolute Gasteiger partial charge is 0.314 e. The van der Waals surface area contributed by atoms with Crippen LogP contribution in [-0.4, -0.2) is 31.1 Å². The summed E-state index contributed by atoms with van der Waals surface area (Å²) in [6.45, 7) is 6.30. The molecule has 0 unspecified atom stereocenters. The summed E-state index contributed by atoms with van der Waals surface area (Å²) >= 11 is 5.80. The Morgan fingerprint density at radius 2 is 2.00 bits per heavy atom. The van der Waals surface area contributed by atoms with Gasteiger partial charge in [0, 0.05) is 32.2 Å². The fourth-order valence-corrected chi connectivity index (χ4v) is 2.98. The van der Waals surface area contributed by atoms with Gasteiger partial charge in [0.05, 0.1) is 5.02 Å². The Morgan fingerprint density at radius 3 is 2.62 bits per heavy atom. The SMILES string of the molecule is CCCCC[C@@H](c1ccc(Cl)c(F)c1)N1CCNCC1.Cl. The van der Waals surface area contributed by atoms with Crippen molar-refractivity contribution in [3.05, 3.63) is 34.6 Å². The third kappa shape index (κ3) is 5.41. The van der Waals surface area contributed by atoms with E-state index in [2.05, 4.69) is 17.1 Å². The average Bonchev–Trinajstić information content (AvgIpc) is 2.48. The van der Waals surface area contributed by atoms with Crippen LogP contribution in [0.5, 0.6) is 0 Å². The van der Waals surface area contributed by atoms with Gasteiger partial charge in [0.25, 0.3) is 0 Å². The highest BCUT2D eigenvalue weighted by molar-refractivity contribution is 6.30. The molecule has 1 aromatic carbocycles. The number of halogens is 3. The van der Waals surface area contributed by atoms with Gasteiger partial charge < -0.3 is 5.32 Å². The molecule has 1 atom stereocenters. The summed E-state index contributed by atoms with van der Waals surface area (Å²) in [5, 5.41) is 3.58. The van der Waals surface area contributed by atoms with Gasteiger partial charge in [-0.3, -0.25) is 4.90 Å². The lowest BCUT2D eigenvalue weighted by Crippen LogP contribution is -2.45. The van der Waals surface area contributed by atoms with Crippen LogP contribution in [0.1, 0.15) is 44.2 Å². The van der Waals surface area contributed by atoms with Crippen LogP contribution in [0, 0.1) is 5.82 Å². The summed E-state index contributed by atoms with van der Waals surface area (Å²) < 4.78 is 13.7. The van der Waals surface area contributed by atoms with Gasteiger partial charge in [-0.25, -0.2) is 4.39 Å². The van der Waals surface area contributed by atoms with Crippen molar-refractivity contribution in [1.82, 2.24) is 10.2 Å². The maximum absolute atomic E-state index is 13.7. The monoisotopic (exact) mass is 334 g/mol. The first-order valence-electron chi connectivity index (χ1n) is 7.62. The zero-order chi connectivity index (χ0) is 14.4. The molecule has 1 N–H and O–H groups in total. The number of nitrogens with one attached hydrogen (secondary N) is 1. The lowest BCUT2D eigenvalue weighted by atomic mass is 9.98. The molecule has 0 spiro atoms. The van der Waals surface area contributed by atoms with Crippen LogP contribution in [-0.2, 0) is 0 Å². The van der Waals surface area contributed by atoms with Crippen LogP contribution in [0.3, 0.4) is 0 Å². The standard InChI is InChI=1S/C16H24ClFN2.ClH/c1-2-3-4-5-16(20-10-8-19-9-11-20)13-6-7-14(17)15(18)12-13;/h6-7,12,16,19H,2-5,8-11H2,1H3;1H/t16-;/m0./s1. The summed E-state index contributed by atoms with van der Waals surface area (Å²) in [5.74, 6) is -0.306. The number of unbranched alkanes of at least 4 members (excludes halogenated alkanes) is 2. The molecule has 0 bridgehead atoms. The maximum atomic E-state index is 13.7. The predicted octanol–water partition coefficient (Wildman–Crippen LogP) is 4.43. The highest BCUT2D eigenvalue weighted by Crippen LogP contribution is 2.29. The second kappa shape index (κ2) is 9.62. The summed E-state index contributed by atoms with van der Waals surface area (Å²) in [6.07, 6.45) is 4.73. The first kappa shape index (κ1) is 18.7. The van der Waals surface area contributed by atoms with Crippen LogP contribution in [0.15, 0.2) is 18.2 Å². The van der Waals surface area contributed by atoms with Gasteiger partial charge in [0.2, 0.25) is 0 Å². The molecule has 0 aliphatic carbocycles. The number of hydrogen-bond acceptors (Lipinski definition) is 2. The lowest BCUT2D eigenvalue weighted by molar-refractivity contribution is 0.162. The van der Waals surface area contributed by atoms with Gasteiger partial charge in [-0.1, -0.05) is 43.9 Å². The molecule has 2 rings (SSSR count). The highest BCUT2D eigenvalue weighted by Gasteiger charge is 2.22. The van der Waals surface area contributed by atoms with E-state index in [9.17, 15) is 4.39 Å². The molecular weight excluding hydrogens is 310 g/mol. The number of piperazine rings is 1. The summed E-state index contributed by atoms with van der Waals surface area (Å²) in [5.41, 5.74) is 1.06. The van der Waals surface area contributed by atoms with Crippen LogP contribution in [0.25, 0.3) is 0 Å². The summed E-state index contributed by atoms with van der Waals surface area (Å²) in [4.78, 5) is 2.47. The van der Waals surface area contributed by atoms with Gasteiger partial charge in [0.1, 0.15) is 5.82 Å². The molecule has 0 radical (unpaired) electrons. The molecule has 1 saturated heterocycles. The van der Waals surface area contributed by atoms with Crippen molar-refractivity contribution >= 4 is 24.0 Å². The Kier molecular flexibility index (Phi) is 8.57. The van der Waals surface area contributed by atoms with Gasteiger partial charge in [-0.15, -0.1) is 12.4 Å². The van der Waals surface area contributed by atoms with Crippen LogP contribution >= 0.6 is 24.0 Å². The molecule has 1 aliphatic rings. The van der Waals surface area contributed by atoms with E-state index in [1.54, 1.807) is 12.1 Å². The molecule has 1 aliphatic heterocycles. The predicted molar refractivity (Wildman–Crippen MR) is 90.0 cm³/mol. The molecule has 1 aromatic rings. The average molecular weight is 335 g/mol. The van der Waals surface area contributed by atoms with Crippen molar-refractivity contribution < 1.29 is 4.39 Å². The maximum Gasteiger partial charge on any atom is 0.142 e. The van der Waals surface area contributed by atoms with E-state index in [1.165, 1.54) is 19.3 Å². The normalized spacial score (nSPS) is 17.3. The molecule has 5 heteroatoms. The van der Waals surface area contributed by atoms with E-state index in [0.717, 1.165) is 38.2 Å². The molecule has 2 nitrogen and oxygen atoms in total. The third-order valence-electron chi connectivity index (χ3n) is 4.00. The van der Waals surface area contributed by atoms with Crippen molar-refractivity contribution in [2.24, 2.45) is 0 Å².